The van der Waals surface area contributed by atoms with Crippen LogP contribution in [0.25, 0.3) is 0 Å². The molecule has 0 aliphatic carbocycles. The van der Waals surface area contributed by atoms with E-state index < -0.39 is 0 Å². The van der Waals surface area contributed by atoms with Crippen LogP contribution in [0, 0.1) is 0 Å². The summed E-state index contributed by atoms with van der Waals surface area (Å²) >= 11 is 0. The molecule has 0 heterocycles. The van der Waals surface area contributed by atoms with Crippen molar-refractivity contribution in [2.24, 2.45) is 0 Å². The van der Waals surface area contributed by atoms with E-state index in [1.807, 2.05) is 19.1 Å². The zero-order valence-electron chi connectivity index (χ0n) is 9.46. The molecule has 0 atom stereocenters. The first-order valence-corrected chi connectivity index (χ1v) is 5.67. The van der Waals surface area contributed by atoms with Crippen LogP contribution in [-0.4, -0.2) is 5.78 Å². The van der Waals surface area contributed by atoms with Gasteiger partial charge in [0.2, 0.25) is 0 Å². The van der Waals surface area contributed by atoms with E-state index in [9.17, 15) is 4.79 Å². The van der Waals surface area contributed by atoms with Crippen LogP contribution in [0.15, 0.2) is 24.3 Å². The van der Waals surface area contributed by atoms with E-state index in [0.29, 0.717) is 6.42 Å². The van der Waals surface area contributed by atoms with Crippen LogP contribution in [0.5, 0.6) is 0 Å². The maximum atomic E-state index is 11.1. The molecule has 14 heavy (non-hydrogen) atoms. The average molecular weight is 194 g/mol. The number of unbranched alkanes of at least 4 members (excludes halogenated alkanes) is 3. The zero-order valence-corrected chi connectivity index (χ0v) is 9.46. The van der Waals surface area contributed by atoms with E-state index in [2.05, 4.69) is 13.0 Å². The van der Waals surface area contributed by atoms with Gasteiger partial charge < -0.3 is 0 Å². The van der Waals surface area contributed by atoms with Crippen LogP contribution in [0.3, 0.4) is 0 Å². The summed E-state index contributed by atoms with van der Waals surface area (Å²) in [6.45, 7) is 4.22. The normalized spacial score (nSPS) is 11.6. The Labute approximate surface area is 87.9 Å². The molecule has 0 aromatic carbocycles. The molecule has 0 aromatic heterocycles. The molecule has 0 spiro atoms. The smallest absolute Gasteiger partial charge is 0.155 e. The maximum absolute atomic E-state index is 11.1. The van der Waals surface area contributed by atoms with E-state index in [0.717, 1.165) is 12.8 Å². The highest BCUT2D eigenvalue weighted by atomic mass is 16.1. The fraction of sp³-hybridized carbons (Fsp3) is 0.615. The van der Waals surface area contributed by atoms with Gasteiger partial charge in [-0.2, -0.15) is 0 Å². The number of rotatable bonds is 8. The first kappa shape index (κ1) is 13.2. The fourth-order valence-corrected chi connectivity index (χ4v) is 1.18. The van der Waals surface area contributed by atoms with Crippen LogP contribution >= 0.6 is 0 Å². The molecular weight excluding hydrogens is 172 g/mol. The second-order valence-electron chi connectivity index (χ2n) is 3.50. The summed E-state index contributed by atoms with van der Waals surface area (Å²) in [5, 5.41) is 0. The maximum Gasteiger partial charge on any atom is 0.155 e. The summed E-state index contributed by atoms with van der Waals surface area (Å²) in [4.78, 5) is 11.1. The largest absolute Gasteiger partial charge is 0.295 e. The van der Waals surface area contributed by atoms with Gasteiger partial charge >= 0.3 is 0 Å². The summed E-state index contributed by atoms with van der Waals surface area (Å²) in [6, 6.07) is 0. The highest BCUT2D eigenvalue weighted by Gasteiger charge is 1.90. The van der Waals surface area contributed by atoms with E-state index >= 15 is 0 Å². The molecule has 0 unspecified atom stereocenters. The van der Waals surface area contributed by atoms with E-state index in [-0.39, 0.29) is 5.78 Å². The summed E-state index contributed by atoms with van der Waals surface area (Å²) in [5.74, 6) is 0.228. The molecule has 0 rings (SSSR count). The summed E-state index contributed by atoms with van der Waals surface area (Å²) in [6.07, 6.45) is 14.2. The Morgan fingerprint density at radius 1 is 1.07 bits per heavy atom. The first-order valence-electron chi connectivity index (χ1n) is 5.67. The molecule has 1 nitrogen and oxygen atoms in total. The van der Waals surface area contributed by atoms with E-state index in [1.165, 1.54) is 19.3 Å². The summed E-state index contributed by atoms with van der Waals surface area (Å²) in [7, 11) is 0. The quantitative estimate of drug-likeness (QED) is 0.323. The van der Waals surface area contributed by atoms with Crippen LogP contribution in [-0.2, 0) is 4.79 Å². The molecule has 0 fully saturated rings. The molecule has 0 aliphatic rings. The second kappa shape index (κ2) is 10.2. The lowest BCUT2D eigenvalue weighted by molar-refractivity contribution is -0.114. The minimum atomic E-state index is 0.228. The van der Waals surface area contributed by atoms with Crippen molar-refractivity contribution in [3.05, 3.63) is 24.3 Å². The predicted octanol–water partition coefficient (Wildman–Crippen LogP) is 4.05. The standard InChI is InChI=1S/C13H22O/c1-3-5-6-7-8-9-10-12-13(14)11-4-2/h8-10,12H,3-7,11H2,1-2H3. The van der Waals surface area contributed by atoms with Gasteiger partial charge in [0.05, 0.1) is 0 Å². The molecule has 0 bridgehead atoms. The van der Waals surface area contributed by atoms with Crippen molar-refractivity contribution in [1.29, 1.82) is 0 Å². The number of carbonyl (C=O) groups is 1. The molecule has 1 heteroatoms. The molecular formula is C13H22O. The topological polar surface area (TPSA) is 17.1 Å². The Bertz CT molecular complexity index is 189. The number of allylic oxidation sites excluding steroid dienone is 4. The van der Waals surface area contributed by atoms with Gasteiger partial charge in [0.1, 0.15) is 0 Å². The third-order valence-corrected chi connectivity index (χ3v) is 2.00. The Morgan fingerprint density at radius 2 is 1.86 bits per heavy atom. The number of ketones is 1. The monoisotopic (exact) mass is 194 g/mol. The van der Waals surface area contributed by atoms with Gasteiger partial charge in [-0.05, 0) is 25.3 Å². The van der Waals surface area contributed by atoms with Crippen molar-refractivity contribution in [3.8, 4) is 0 Å². The number of hydrogen-bond donors (Lipinski definition) is 0. The molecule has 0 saturated carbocycles. The summed E-state index contributed by atoms with van der Waals surface area (Å²) in [5.41, 5.74) is 0. The molecule has 0 N–H and O–H groups in total. The average Bonchev–Trinajstić information content (AvgIpc) is 2.17. The van der Waals surface area contributed by atoms with Crippen molar-refractivity contribution >= 4 is 5.78 Å². The van der Waals surface area contributed by atoms with Crippen LogP contribution in [0.1, 0.15) is 52.4 Å². The van der Waals surface area contributed by atoms with Crippen LogP contribution in [0.4, 0.5) is 0 Å². The Hall–Kier alpha value is -0.850. The minimum Gasteiger partial charge on any atom is -0.295 e. The predicted molar refractivity (Wildman–Crippen MR) is 62.3 cm³/mol. The van der Waals surface area contributed by atoms with Crippen molar-refractivity contribution in [1.82, 2.24) is 0 Å². The first-order chi connectivity index (χ1) is 6.81. The molecule has 0 radical (unpaired) electrons. The van der Waals surface area contributed by atoms with E-state index in [1.54, 1.807) is 6.08 Å². The van der Waals surface area contributed by atoms with Crippen molar-refractivity contribution in [2.75, 3.05) is 0 Å². The molecule has 0 amide bonds. The Kier molecular flexibility index (Phi) is 9.61. The van der Waals surface area contributed by atoms with Gasteiger partial charge in [0.15, 0.2) is 5.78 Å². The Morgan fingerprint density at radius 3 is 2.50 bits per heavy atom. The SMILES string of the molecule is CCCCCC=CC=CC(=O)CCC. The second-order valence-corrected chi connectivity index (χ2v) is 3.50. The van der Waals surface area contributed by atoms with Gasteiger partial charge in [0.25, 0.3) is 0 Å². The van der Waals surface area contributed by atoms with Gasteiger partial charge in [-0.25, -0.2) is 0 Å². The van der Waals surface area contributed by atoms with Crippen LogP contribution in [0.2, 0.25) is 0 Å². The van der Waals surface area contributed by atoms with Crippen LogP contribution < -0.4 is 0 Å². The highest BCUT2D eigenvalue weighted by Crippen LogP contribution is 1.99. The van der Waals surface area contributed by atoms with Gasteiger partial charge in [-0.1, -0.05) is 44.9 Å². The number of carbonyl (C=O) groups excluding carboxylic acids is 1. The molecule has 0 aliphatic heterocycles. The zero-order chi connectivity index (χ0) is 10.6. The lowest BCUT2D eigenvalue weighted by Crippen LogP contribution is -1.88. The molecule has 80 valence electrons. The third kappa shape index (κ3) is 9.24. The molecule has 0 aromatic rings. The molecule has 0 saturated heterocycles. The lowest BCUT2D eigenvalue weighted by Gasteiger charge is -1.90. The fourth-order valence-electron chi connectivity index (χ4n) is 1.18. The van der Waals surface area contributed by atoms with Crippen molar-refractivity contribution in [2.45, 2.75) is 52.4 Å². The van der Waals surface area contributed by atoms with Gasteiger partial charge in [-0.3, -0.25) is 4.79 Å². The van der Waals surface area contributed by atoms with E-state index in [4.69, 9.17) is 0 Å². The Balaban J connectivity index is 3.45. The minimum absolute atomic E-state index is 0.228. The van der Waals surface area contributed by atoms with Crippen molar-refractivity contribution in [3.63, 3.8) is 0 Å². The van der Waals surface area contributed by atoms with Gasteiger partial charge in [0, 0.05) is 6.42 Å². The third-order valence-electron chi connectivity index (χ3n) is 2.00. The lowest BCUT2D eigenvalue weighted by atomic mass is 10.2. The van der Waals surface area contributed by atoms with Gasteiger partial charge in [-0.15, -0.1) is 0 Å². The number of hydrogen-bond acceptors (Lipinski definition) is 1. The van der Waals surface area contributed by atoms with Crippen molar-refractivity contribution < 1.29 is 4.79 Å². The highest BCUT2D eigenvalue weighted by molar-refractivity contribution is 5.89. The summed E-state index contributed by atoms with van der Waals surface area (Å²) < 4.78 is 0.